The minimum atomic E-state index is -1.46. The largest absolute Gasteiger partial charge is 0.378 e. The predicted molar refractivity (Wildman–Crippen MR) is 70.4 cm³/mol. The first kappa shape index (κ1) is 14.0. The average molecular weight is 270 g/mol. The molecule has 2 aliphatic heterocycles. The Balaban J connectivity index is 1.93. The normalized spacial score (nSPS) is 35.8. The fourth-order valence-corrected chi connectivity index (χ4v) is 2.70. The molecule has 102 valence electrons. The van der Waals surface area contributed by atoms with Gasteiger partial charge in [-0.3, -0.25) is 0 Å². The van der Waals surface area contributed by atoms with Gasteiger partial charge in [-0.15, -0.1) is 5.54 Å². The van der Waals surface area contributed by atoms with Crippen LogP contribution in [-0.4, -0.2) is 43.6 Å². The van der Waals surface area contributed by atoms with E-state index in [2.05, 4.69) is 31.1 Å². The summed E-state index contributed by atoms with van der Waals surface area (Å²) in [5.41, 5.74) is 3.16. The summed E-state index contributed by atoms with van der Waals surface area (Å²) in [6.07, 6.45) is -0.880. The number of ether oxygens (including phenoxy) is 3. The van der Waals surface area contributed by atoms with Gasteiger partial charge in [-0.25, -0.2) is 0 Å². The molecule has 0 radical (unpaired) electrons. The SMILES string of the molecule is CC1(C)O[C@H]2O[C@@H](C(O)C#C[Si](C)(C)C)C[C@H]2O1. The minimum Gasteiger partial charge on any atom is -0.378 e. The van der Waals surface area contributed by atoms with E-state index >= 15 is 0 Å². The zero-order chi connectivity index (χ0) is 13.6. The van der Waals surface area contributed by atoms with Gasteiger partial charge in [0.05, 0.1) is 0 Å². The van der Waals surface area contributed by atoms with Crippen molar-refractivity contribution in [3.05, 3.63) is 0 Å². The molecule has 0 spiro atoms. The fourth-order valence-electron chi connectivity index (χ4n) is 2.12. The van der Waals surface area contributed by atoms with Crippen molar-refractivity contribution in [1.82, 2.24) is 0 Å². The van der Waals surface area contributed by atoms with E-state index in [1.54, 1.807) is 0 Å². The second-order valence-corrected chi connectivity index (χ2v) is 11.2. The highest BCUT2D eigenvalue weighted by atomic mass is 28.3. The van der Waals surface area contributed by atoms with Gasteiger partial charge in [0.15, 0.2) is 12.1 Å². The molecule has 0 aromatic rings. The molecule has 4 nitrogen and oxygen atoms in total. The number of rotatable bonds is 1. The van der Waals surface area contributed by atoms with Crippen molar-refractivity contribution in [3.63, 3.8) is 0 Å². The van der Waals surface area contributed by atoms with Crippen molar-refractivity contribution in [2.45, 2.75) is 70.3 Å². The molecule has 1 unspecified atom stereocenters. The van der Waals surface area contributed by atoms with E-state index < -0.39 is 20.0 Å². The lowest BCUT2D eigenvalue weighted by molar-refractivity contribution is -0.210. The Hall–Kier alpha value is -0.383. The zero-order valence-corrected chi connectivity index (χ0v) is 12.7. The molecule has 0 saturated carbocycles. The number of fused-ring (bicyclic) bond motifs is 1. The standard InChI is InChI=1S/C13H22O4Si/c1-13(2)16-11-8-10(15-12(11)17-13)9(14)6-7-18(3,4)5/h9-12,14H,8H2,1-5H3/t9?,10-,11-,12-/m1/s1. The quantitative estimate of drug-likeness (QED) is 0.579. The Kier molecular flexibility index (Phi) is 3.60. The maximum atomic E-state index is 10.0. The topological polar surface area (TPSA) is 47.9 Å². The molecule has 0 aliphatic carbocycles. The van der Waals surface area contributed by atoms with Crippen LogP contribution in [0.4, 0.5) is 0 Å². The van der Waals surface area contributed by atoms with Gasteiger partial charge in [0.2, 0.25) is 0 Å². The van der Waals surface area contributed by atoms with Gasteiger partial charge in [-0.2, -0.15) is 0 Å². The average Bonchev–Trinajstić information content (AvgIpc) is 2.66. The van der Waals surface area contributed by atoms with Crippen molar-refractivity contribution < 1.29 is 19.3 Å². The minimum absolute atomic E-state index is 0.0895. The monoisotopic (exact) mass is 270 g/mol. The van der Waals surface area contributed by atoms with Crippen LogP contribution in [0, 0.1) is 11.5 Å². The van der Waals surface area contributed by atoms with Gasteiger partial charge in [-0.05, 0) is 13.8 Å². The summed E-state index contributed by atoms with van der Waals surface area (Å²) in [5, 5.41) is 10.0. The molecule has 5 heteroatoms. The van der Waals surface area contributed by atoms with E-state index in [-0.39, 0.29) is 18.5 Å². The summed E-state index contributed by atoms with van der Waals surface area (Å²) in [4.78, 5) is 0. The van der Waals surface area contributed by atoms with E-state index in [0.29, 0.717) is 6.42 Å². The van der Waals surface area contributed by atoms with Gasteiger partial charge in [0.1, 0.15) is 26.4 Å². The Morgan fingerprint density at radius 3 is 2.50 bits per heavy atom. The molecule has 0 bridgehead atoms. The van der Waals surface area contributed by atoms with E-state index in [9.17, 15) is 5.11 Å². The lowest BCUT2D eigenvalue weighted by Gasteiger charge is -2.21. The first-order valence-corrected chi connectivity index (χ1v) is 9.88. The lowest BCUT2D eigenvalue weighted by atomic mass is 10.1. The van der Waals surface area contributed by atoms with Gasteiger partial charge < -0.3 is 19.3 Å². The summed E-state index contributed by atoms with van der Waals surface area (Å²) in [7, 11) is -1.46. The van der Waals surface area contributed by atoms with Gasteiger partial charge in [-0.1, -0.05) is 25.6 Å². The Bertz CT molecular complexity index is 361. The maximum Gasteiger partial charge on any atom is 0.187 e. The lowest BCUT2D eigenvalue weighted by Crippen LogP contribution is -2.30. The molecule has 2 saturated heterocycles. The van der Waals surface area contributed by atoms with Gasteiger partial charge >= 0.3 is 0 Å². The van der Waals surface area contributed by atoms with E-state index in [0.717, 1.165) is 0 Å². The van der Waals surface area contributed by atoms with Crippen LogP contribution in [0.5, 0.6) is 0 Å². The van der Waals surface area contributed by atoms with Crippen LogP contribution < -0.4 is 0 Å². The molecule has 2 fully saturated rings. The molecule has 2 aliphatic rings. The van der Waals surface area contributed by atoms with Gasteiger partial charge in [0, 0.05) is 6.42 Å². The van der Waals surface area contributed by atoms with Crippen LogP contribution in [0.15, 0.2) is 0 Å². The zero-order valence-electron chi connectivity index (χ0n) is 11.7. The van der Waals surface area contributed by atoms with Crippen molar-refractivity contribution in [1.29, 1.82) is 0 Å². The van der Waals surface area contributed by atoms with Crippen LogP contribution >= 0.6 is 0 Å². The fraction of sp³-hybridized carbons (Fsp3) is 0.846. The summed E-state index contributed by atoms with van der Waals surface area (Å²) in [6, 6.07) is 0. The van der Waals surface area contributed by atoms with Crippen molar-refractivity contribution in [3.8, 4) is 11.5 Å². The molecule has 1 N–H and O–H groups in total. The summed E-state index contributed by atoms with van der Waals surface area (Å²) in [6.45, 7) is 10.2. The predicted octanol–water partition coefficient (Wildman–Crippen LogP) is 1.49. The molecule has 2 rings (SSSR count). The highest BCUT2D eigenvalue weighted by Crippen LogP contribution is 2.37. The Morgan fingerprint density at radius 2 is 1.94 bits per heavy atom. The smallest absolute Gasteiger partial charge is 0.187 e. The van der Waals surface area contributed by atoms with Crippen molar-refractivity contribution in [2.24, 2.45) is 0 Å². The summed E-state index contributed by atoms with van der Waals surface area (Å²) < 4.78 is 17.0. The van der Waals surface area contributed by atoms with Gasteiger partial charge in [0.25, 0.3) is 0 Å². The van der Waals surface area contributed by atoms with E-state index in [1.807, 2.05) is 13.8 Å². The number of aliphatic hydroxyl groups excluding tert-OH is 1. The van der Waals surface area contributed by atoms with Crippen LogP contribution in [0.3, 0.4) is 0 Å². The third-order valence-corrected chi connectivity index (χ3v) is 3.75. The Labute approximate surface area is 110 Å². The molecule has 0 aromatic heterocycles. The maximum absolute atomic E-state index is 10.0. The second-order valence-electron chi connectivity index (χ2n) is 6.42. The third-order valence-electron chi connectivity index (χ3n) is 2.86. The van der Waals surface area contributed by atoms with Crippen molar-refractivity contribution >= 4 is 8.07 Å². The van der Waals surface area contributed by atoms with E-state index in [4.69, 9.17) is 14.2 Å². The molecule has 0 aromatic carbocycles. The molecule has 0 amide bonds. The molecule has 18 heavy (non-hydrogen) atoms. The van der Waals surface area contributed by atoms with Crippen molar-refractivity contribution in [2.75, 3.05) is 0 Å². The highest BCUT2D eigenvalue weighted by Gasteiger charge is 2.49. The molecule has 2 heterocycles. The number of hydrogen-bond donors (Lipinski definition) is 1. The summed E-state index contributed by atoms with van der Waals surface area (Å²) >= 11 is 0. The number of aliphatic hydroxyl groups is 1. The second kappa shape index (κ2) is 4.62. The highest BCUT2D eigenvalue weighted by molar-refractivity contribution is 6.83. The third kappa shape index (κ3) is 3.34. The van der Waals surface area contributed by atoms with Crippen LogP contribution in [0.25, 0.3) is 0 Å². The van der Waals surface area contributed by atoms with Crippen LogP contribution in [-0.2, 0) is 14.2 Å². The van der Waals surface area contributed by atoms with E-state index in [1.165, 1.54) is 0 Å². The molecular weight excluding hydrogens is 248 g/mol. The van der Waals surface area contributed by atoms with Crippen LogP contribution in [0.2, 0.25) is 19.6 Å². The first-order valence-electron chi connectivity index (χ1n) is 6.38. The number of hydrogen-bond acceptors (Lipinski definition) is 4. The molecular formula is C13H22O4Si. The molecule has 4 atom stereocenters. The summed E-state index contributed by atoms with van der Waals surface area (Å²) in [5.74, 6) is 2.32. The first-order chi connectivity index (χ1) is 8.16. The van der Waals surface area contributed by atoms with Crippen LogP contribution in [0.1, 0.15) is 20.3 Å². The Morgan fingerprint density at radius 1 is 1.28 bits per heavy atom.